The van der Waals surface area contributed by atoms with Gasteiger partial charge in [0, 0.05) is 24.2 Å². The van der Waals surface area contributed by atoms with Crippen LogP contribution < -0.4 is 15.5 Å². The third kappa shape index (κ3) is 7.97. The number of rotatable bonds is 11. The van der Waals surface area contributed by atoms with Crippen molar-refractivity contribution in [2.45, 2.75) is 31.9 Å². The summed E-state index contributed by atoms with van der Waals surface area (Å²) in [6, 6.07) is 19.6. The quantitative estimate of drug-likeness (QED) is 0.197. The van der Waals surface area contributed by atoms with Crippen molar-refractivity contribution in [3.05, 3.63) is 101 Å². The van der Waals surface area contributed by atoms with E-state index in [9.17, 15) is 24.0 Å². The summed E-state index contributed by atoms with van der Waals surface area (Å²) >= 11 is 0. The molecule has 11 nitrogen and oxygen atoms in total. The van der Waals surface area contributed by atoms with Crippen LogP contribution in [0.4, 0.5) is 10.5 Å². The lowest BCUT2D eigenvalue weighted by Gasteiger charge is -2.18. The van der Waals surface area contributed by atoms with Gasteiger partial charge in [0.15, 0.2) is 0 Å². The number of methoxy groups -OCH3 is 2. The van der Waals surface area contributed by atoms with Crippen LogP contribution in [0, 0.1) is 0 Å². The van der Waals surface area contributed by atoms with Crippen molar-refractivity contribution in [2.75, 3.05) is 32.2 Å². The molecule has 0 saturated heterocycles. The maximum Gasteiger partial charge on any atom is 0.414 e. The summed E-state index contributed by atoms with van der Waals surface area (Å²) < 4.78 is 15.0. The number of carbonyl (C=O) groups excluding carboxylic acids is 5. The van der Waals surface area contributed by atoms with Crippen molar-refractivity contribution in [1.29, 1.82) is 0 Å². The largest absolute Gasteiger partial charge is 0.467 e. The first-order chi connectivity index (χ1) is 20.8. The van der Waals surface area contributed by atoms with Crippen LogP contribution in [0.3, 0.4) is 0 Å². The first kappa shape index (κ1) is 30.8. The number of esters is 2. The third-order valence-corrected chi connectivity index (χ3v) is 6.95. The molecule has 1 heterocycles. The lowest BCUT2D eigenvalue weighted by Crippen LogP contribution is -2.42. The molecule has 224 valence electrons. The van der Waals surface area contributed by atoms with Gasteiger partial charge in [0.1, 0.15) is 12.6 Å². The second kappa shape index (κ2) is 14.6. The molecule has 3 amide bonds. The number of ether oxygens (including phenoxy) is 3. The van der Waals surface area contributed by atoms with E-state index in [2.05, 4.69) is 15.4 Å². The molecule has 3 aromatic carbocycles. The summed E-state index contributed by atoms with van der Waals surface area (Å²) in [6.07, 6.45) is 0.674. The Morgan fingerprint density at radius 2 is 1.58 bits per heavy atom. The number of fused-ring (bicyclic) bond motifs is 1. The van der Waals surface area contributed by atoms with Gasteiger partial charge in [0.25, 0.3) is 11.8 Å². The summed E-state index contributed by atoms with van der Waals surface area (Å²) in [6.45, 7) is 0.810. The summed E-state index contributed by atoms with van der Waals surface area (Å²) in [5.41, 5.74) is 3.26. The molecule has 0 saturated carbocycles. The fourth-order valence-corrected chi connectivity index (χ4v) is 4.68. The van der Waals surface area contributed by atoms with Crippen molar-refractivity contribution >= 4 is 35.5 Å². The number of hydrogen-bond donors (Lipinski definition) is 2. The highest BCUT2D eigenvalue weighted by atomic mass is 16.6. The Hall–Kier alpha value is -5.19. The topological polar surface area (TPSA) is 140 Å². The minimum Gasteiger partial charge on any atom is -0.467 e. The number of carbonyl (C=O) groups is 5. The van der Waals surface area contributed by atoms with Gasteiger partial charge in [-0.15, -0.1) is 0 Å². The lowest BCUT2D eigenvalue weighted by molar-refractivity contribution is -0.143. The Kier molecular flexibility index (Phi) is 10.5. The summed E-state index contributed by atoms with van der Waals surface area (Å²) in [4.78, 5) is 63.9. The highest BCUT2D eigenvalue weighted by Gasteiger charge is 2.28. The average Bonchev–Trinajstić information content (AvgIpc) is 3.48. The predicted molar refractivity (Wildman–Crippen MR) is 157 cm³/mol. The maximum absolute atomic E-state index is 13.1. The second-order valence-electron chi connectivity index (χ2n) is 9.81. The average molecular weight is 588 g/mol. The van der Waals surface area contributed by atoms with Crippen molar-refractivity contribution in [1.82, 2.24) is 10.6 Å². The van der Waals surface area contributed by atoms with Gasteiger partial charge in [-0.1, -0.05) is 36.4 Å². The number of nitrogens with one attached hydrogen (secondary N) is 2. The summed E-state index contributed by atoms with van der Waals surface area (Å²) in [7, 11) is 2.49. The molecule has 2 N–H and O–H groups in total. The molecule has 11 heteroatoms. The van der Waals surface area contributed by atoms with E-state index in [1.54, 1.807) is 36.4 Å². The molecule has 0 radical (unpaired) electrons. The zero-order chi connectivity index (χ0) is 30.8. The molecular formula is C32H33N3O8. The van der Waals surface area contributed by atoms with E-state index in [-0.39, 0.29) is 31.0 Å². The van der Waals surface area contributed by atoms with E-state index in [1.165, 1.54) is 25.2 Å². The van der Waals surface area contributed by atoms with Gasteiger partial charge in [-0.2, -0.15) is 0 Å². The van der Waals surface area contributed by atoms with E-state index >= 15 is 0 Å². The Bertz CT molecular complexity index is 1490. The van der Waals surface area contributed by atoms with Gasteiger partial charge in [0.2, 0.25) is 0 Å². The van der Waals surface area contributed by atoms with Gasteiger partial charge >= 0.3 is 18.0 Å². The molecular weight excluding hydrogens is 554 g/mol. The molecule has 1 atom stereocenters. The Morgan fingerprint density at radius 1 is 0.837 bits per heavy atom. The maximum atomic E-state index is 13.1. The van der Waals surface area contributed by atoms with E-state index in [4.69, 9.17) is 9.47 Å². The fraction of sp³-hybridized carbons (Fsp3) is 0.281. The third-order valence-electron chi connectivity index (χ3n) is 6.95. The number of anilines is 1. The summed E-state index contributed by atoms with van der Waals surface area (Å²) in [5.74, 6) is -2.01. The molecule has 0 unspecified atom stereocenters. The van der Waals surface area contributed by atoms with Gasteiger partial charge in [-0.3, -0.25) is 14.5 Å². The van der Waals surface area contributed by atoms with Crippen molar-refractivity contribution < 1.29 is 38.2 Å². The molecule has 43 heavy (non-hydrogen) atoms. The standard InChI is InChI=1S/C32H33N3O8/c1-41-30(38)25-11-6-10-23(19-25)28(36)33-16-7-12-26(31(39)42-2)34-29(37)24-13-14-27-22(18-24)15-17-35(27)32(40)43-20-21-8-4-3-5-9-21/h3-6,8-11,13-14,18-19,26H,7,12,15-17,20H2,1-2H3,(H,33,36)(H,34,37)/t26-/m0/s1. The van der Waals surface area contributed by atoms with Gasteiger partial charge in [-0.05, 0) is 66.8 Å². The van der Waals surface area contributed by atoms with E-state index in [1.807, 2.05) is 30.3 Å². The van der Waals surface area contributed by atoms with E-state index in [0.717, 1.165) is 11.1 Å². The number of nitrogens with zero attached hydrogens (tertiary/aromatic N) is 1. The number of benzene rings is 3. The molecule has 0 fully saturated rings. The first-order valence-corrected chi connectivity index (χ1v) is 13.8. The van der Waals surface area contributed by atoms with Crippen LogP contribution in [0.2, 0.25) is 0 Å². The van der Waals surface area contributed by atoms with Crippen LogP contribution in [0.1, 0.15) is 55.0 Å². The zero-order valence-corrected chi connectivity index (χ0v) is 24.0. The fourth-order valence-electron chi connectivity index (χ4n) is 4.68. The van der Waals surface area contributed by atoms with Crippen molar-refractivity contribution in [2.24, 2.45) is 0 Å². The van der Waals surface area contributed by atoms with Crippen LogP contribution in [0.15, 0.2) is 72.8 Å². The van der Waals surface area contributed by atoms with Crippen LogP contribution in [0.5, 0.6) is 0 Å². The molecule has 3 aromatic rings. The smallest absolute Gasteiger partial charge is 0.414 e. The van der Waals surface area contributed by atoms with Gasteiger partial charge < -0.3 is 24.8 Å². The first-order valence-electron chi connectivity index (χ1n) is 13.8. The number of hydrogen-bond acceptors (Lipinski definition) is 8. The molecule has 0 spiro atoms. The minimum atomic E-state index is -0.935. The zero-order valence-electron chi connectivity index (χ0n) is 24.0. The Labute approximate surface area is 249 Å². The second-order valence-corrected chi connectivity index (χ2v) is 9.81. The van der Waals surface area contributed by atoms with Crippen LogP contribution in [-0.4, -0.2) is 63.2 Å². The molecule has 1 aliphatic heterocycles. The predicted octanol–water partition coefficient (Wildman–Crippen LogP) is 3.65. The van der Waals surface area contributed by atoms with Crippen molar-refractivity contribution in [3.63, 3.8) is 0 Å². The van der Waals surface area contributed by atoms with Crippen molar-refractivity contribution in [3.8, 4) is 0 Å². The molecule has 4 rings (SSSR count). The van der Waals surface area contributed by atoms with E-state index < -0.39 is 30.0 Å². The normalized spacial score (nSPS) is 12.5. The Balaban J connectivity index is 1.30. The highest BCUT2D eigenvalue weighted by Crippen LogP contribution is 2.29. The summed E-state index contributed by atoms with van der Waals surface area (Å²) in [5, 5.41) is 5.45. The minimum absolute atomic E-state index is 0.160. The molecule has 0 aliphatic carbocycles. The van der Waals surface area contributed by atoms with E-state index in [0.29, 0.717) is 36.2 Å². The van der Waals surface area contributed by atoms with Crippen LogP contribution in [-0.2, 0) is 32.0 Å². The van der Waals surface area contributed by atoms with Crippen LogP contribution in [0.25, 0.3) is 0 Å². The molecule has 0 bridgehead atoms. The Morgan fingerprint density at radius 3 is 2.33 bits per heavy atom. The molecule has 0 aromatic heterocycles. The number of amides is 3. The molecule has 1 aliphatic rings. The SMILES string of the molecule is COC(=O)c1cccc(C(=O)NCCC[C@H](NC(=O)c2ccc3c(c2)CCN3C(=O)OCc2ccccc2)C(=O)OC)c1. The van der Waals surface area contributed by atoms with Crippen LogP contribution >= 0.6 is 0 Å². The van der Waals surface area contributed by atoms with Gasteiger partial charge in [-0.25, -0.2) is 14.4 Å². The lowest BCUT2D eigenvalue weighted by atomic mass is 10.1. The highest BCUT2D eigenvalue weighted by molar-refractivity contribution is 5.99. The monoisotopic (exact) mass is 587 g/mol. The van der Waals surface area contributed by atoms with Gasteiger partial charge in [0.05, 0.1) is 25.5 Å².